The molecule has 1 atom stereocenters. The number of hydrogen-bond acceptors (Lipinski definition) is 5. The smallest absolute Gasteiger partial charge is 0.204 e. The van der Waals surface area contributed by atoms with E-state index in [-0.39, 0.29) is 5.92 Å². The van der Waals surface area contributed by atoms with Crippen molar-refractivity contribution in [1.29, 1.82) is 0 Å². The number of pyridine rings is 1. The fourth-order valence-electron chi connectivity index (χ4n) is 3.25. The van der Waals surface area contributed by atoms with Gasteiger partial charge in [0.25, 0.3) is 0 Å². The molecule has 1 aliphatic carbocycles. The first kappa shape index (κ1) is 14.7. The Hall–Kier alpha value is -2.27. The van der Waals surface area contributed by atoms with E-state index in [1.807, 2.05) is 12.1 Å². The molecule has 1 aliphatic rings. The highest BCUT2D eigenvalue weighted by Crippen LogP contribution is 2.55. The summed E-state index contributed by atoms with van der Waals surface area (Å²) in [7, 11) is 4.87. The third-order valence-corrected chi connectivity index (χ3v) is 4.14. The summed E-state index contributed by atoms with van der Waals surface area (Å²) in [4.78, 5) is 4.56. The predicted octanol–water partition coefficient (Wildman–Crippen LogP) is 2.57. The van der Waals surface area contributed by atoms with Crippen LogP contribution in [0.25, 0.3) is 11.3 Å². The second-order valence-corrected chi connectivity index (χ2v) is 5.18. The third kappa shape index (κ3) is 2.01. The predicted molar refractivity (Wildman–Crippen MR) is 84.8 cm³/mol. The highest BCUT2D eigenvalue weighted by molar-refractivity contribution is 5.85. The molecule has 22 heavy (non-hydrogen) atoms. The van der Waals surface area contributed by atoms with Crippen LogP contribution in [0, 0.1) is 0 Å². The Morgan fingerprint density at radius 2 is 1.86 bits per heavy atom. The first-order chi connectivity index (χ1) is 10.8. The molecule has 5 nitrogen and oxygen atoms in total. The molecular weight excluding hydrogens is 280 g/mol. The van der Waals surface area contributed by atoms with Crippen LogP contribution in [0.2, 0.25) is 0 Å². The Bertz CT molecular complexity index is 701. The van der Waals surface area contributed by atoms with Crippen LogP contribution in [0.5, 0.6) is 17.2 Å². The van der Waals surface area contributed by atoms with Gasteiger partial charge in [-0.2, -0.15) is 0 Å². The van der Waals surface area contributed by atoms with Crippen LogP contribution in [0.3, 0.4) is 0 Å². The van der Waals surface area contributed by atoms with E-state index in [4.69, 9.17) is 19.9 Å². The Morgan fingerprint density at radius 3 is 2.50 bits per heavy atom. The molecule has 0 saturated carbocycles. The van der Waals surface area contributed by atoms with Crippen molar-refractivity contribution >= 4 is 0 Å². The van der Waals surface area contributed by atoms with E-state index in [1.54, 1.807) is 27.5 Å². The normalized spacial score (nSPS) is 15.2. The molecule has 2 N–H and O–H groups in total. The van der Waals surface area contributed by atoms with Crippen molar-refractivity contribution in [2.45, 2.75) is 12.3 Å². The Morgan fingerprint density at radius 1 is 1.09 bits per heavy atom. The summed E-state index contributed by atoms with van der Waals surface area (Å²) in [5, 5.41) is 0. The quantitative estimate of drug-likeness (QED) is 0.919. The highest BCUT2D eigenvalue weighted by atomic mass is 16.5. The van der Waals surface area contributed by atoms with Crippen molar-refractivity contribution in [2.24, 2.45) is 5.73 Å². The summed E-state index contributed by atoms with van der Waals surface area (Å²) < 4.78 is 16.6. The molecule has 0 radical (unpaired) electrons. The molecule has 3 rings (SSSR count). The number of nitrogens with zero attached hydrogens (tertiary/aromatic N) is 1. The Balaban J connectivity index is 2.33. The maximum absolute atomic E-state index is 5.81. The third-order valence-electron chi connectivity index (χ3n) is 4.14. The largest absolute Gasteiger partial charge is 0.493 e. The number of ether oxygens (including phenoxy) is 3. The zero-order valence-corrected chi connectivity index (χ0v) is 13.1. The van der Waals surface area contributed by atoms with Crippen LogP contribution in [0.4, 0.5) is 0 Å². The number of aromatic nitrogens is 1. The minimum absolute atomic E-state index is 0.206. The number of fused-ring (bicyclic) bond motifs is 3. The standard InChI is InChI=1S/C17H20N2O3/c1-20-13-9-12-10(6-7-18)11-5-4-8-19-15(11)14(12)17(22-3)16(13)21-2/h4-5,8-10H,6-7,18H2,1-3H3. The molecule has 1 unspecified atom stereocenters. The molecular formula is C17H20N2O3. The van der Waals surface area contributed by atoms with Gasteiger partial charge in [-0.25, -0.2) is 0 Å². The van der Waals surface area contributed by atoms with Gasteiger partial charge in [0.2, 0.25) is 5.75 Å². The molecule has 1 heterocycles. The monoisotopic (exact) mass is 300 g/mol. The average Bonchev–Trinajstić information content (AvgIpc) is 2.87. The van der Waals surface area contributed by atoms with Crippen molar-refractivity contribution in [2.75, 3.05) is 27.9 Å². The van der Waals surface area contributed by atoms with Crippen molar-refractivity contribution in [1.82, 2.24) is 4.98 Å². The molecule has 0 fully saturated rings. The molecule has 1 aromatic heterocycles. The number of rotatable bonds is 5. The number of methoxy groups -OCH3 is 3. The summed E-state index contributed by atoms with van der Waals surface area (Å²) in [5.74, 6) is 2.12. The molecule has 116 valence electrons. The fraction of sp³-hybridized carbons (Fsp3) is 0.353. The van der Waals surface area contributed by atoms with Crippen LogP contribution >= 0.6 is 0 Å². The lowest BCUT2D eigenvalue weighted by molar-refractivity contribution is 0.324. The van der Waals surface area contributed by atoms with Crippen molar-refractivity contribution in [3.63, 3.8) is 0 Å². The van der Waals surface area contributed by atoms with E-state index >= 15 is 0 Å². The van der Waals surface area contributed by atoms with Crippen molar-refractivity contribution in [3.05, 3.63) is 35.5 Å². The lowest BCUT2D eigenvalue weighted by Gasteiger charge is -2.18. The van der Waals surface area contributed by atoms with Gasteiger partial charge in [0.05, 0.1) is 32.6 Å². The molecule has 0 saturated heterocycles. The second-order valence-electron chi connectivity index (χ2n) is 5.18. The number of benzene rings is 1. The molecule has 1 aromatic carbocycles. The molecule has 0 bridgehead atoms. The summed E-state index contributed by atoms with van der Waals surface area (Å²) in [6, 6.07) is 6.06. The van der Waals surface area contributed by atoms with Gasteiger partial charge in [-0.1, -0.05) is 6.07 Å². The molecule has 5 heteroatoms. The number of nitrogens with two attached hydrogens (primary N) is 1. The van der Waals surface area contributed by atoms with Gasteiger partial charge in [0.15, 0.2) is 11.5 Å². The van der Waals surface area contributed by atoms with E-state index in [0.717, 1.165) is 23.2 Å². The van der Waals surface area contributed by atoms with Gasteiger partial charge in [-0.15, -0.1) is 0 Å². The Labute approximate surface area is 130 Å². The van der Waals surface area contributed by atoms with Crippen LogP contribution in [-0.2, 0) is 0 Å². The fourth-order valence-corrected chi connectivity index (χ4v) is 3.25. The minimum Gasteiger partial charge on any atom is -0.493 e. The van der Waals surface area contributed by atoms with E-state index in [9.17, 15) is 0 Å². The van der Waals surface area contributed by atoms with Crippen molar-refractivity contribution in [3.8, 4) is 28.5 Å². The lowest BCUT2D eigenvalue weighted by Crippen LogP contribution is -2.07. The van der Waals surface area contributed by atoms with Gasteiger partial charge in [-0.05, 0) is 36.2 Å². The average molecular weight is 300 g/mol. The van der Waals surface area contributed by atoms with Gasteiger partial charge >= 0.3 is 0 Å². The zero-order valence-electron chi connectivity index (χ0n) is 13.1. The maximum Gasteiger partial charge on any atom is 0.204 e. The Kier molecular flexibility index (Phi) is 3.90. The summed E-state index contributed by atoms with van der Waals surface area (Å²) in [5.41, 5.74) is 10.0. The van der Waals surface area contributed by atoms with Crippen molar-refractivity contribution < 1.29 is 14.2 Å². The summed E-state index contributed by atoms with van der Waals surface area (Å²) in [6.07, 6.45) is 2.65. The van der Waals surface area contributed by atoms with Crippen LogP contribution < -0.4 is 19.9 Å². The van der Waals surface area contributed by atoms with E-state index in [2.05, 4.69) is 11.1 Å². The van der Waals surface area contributed by atoms with Crippen LogP contribution in [-0.4, -0.2) is 32.9 Å². The van der Waals surface area contributed by atoms with E-state index < -0.39 is 0 Å². The molecule has 2 aromatic rings. The topological polar surface area (TPSA) is 66.6 Å². The van der Waals surface area contributed by atoms with Gasteiger partial charge in [-0.3, -0.25) is 4.98 Å². The zero-order chi connectivity index (χ0) is 15.7. The lowest BCUT2D eigenvalue weighted by atomic mass is 9.93. The first-order valence-electron chi connectivity index (χ1n) is 7.25. The summed E-state index contributed by atoms with van der Waals surface area (Å²) >= 11 is 0. The molecule has 0 aliphatic heterocycles. The maximum atomic E-state index is 5.81. The van der Waals surface area contributed by atoms with Crippen LogP contribution in [0.1, 0.15) is 23.5 Å². The highest BCUT2D eigenvalue weighted by Gasteiger charge is 2.35. The van der Waals surface area contributed by atoms with E-state index in [1.165, 1.54) is 5.56 Å². The second kappa shape index (κ2) is 5.85. The molecule has 0 spiro atoms. The van der Waals surface area contributed by atoms with Gasteiger partial charge < -0.3 is 19.9 Å². The van der Waals surface area contributed by atoms with Crippen LogP contribution in [0.15, 0.2) is 24.4 Å². The summed E-state index contributed by atoms with van der Waals surface area (Å²) in [6.45, 7) is 0.606. The first-order valence-corrected chi connectivity index (χ1v) is 7.25. The van der Waals surface area contributed by atoms with Gasteiger partial charge in [0.1, 0.15) is 0 Å². The number of hydrogen-bond donors (Lipinski definition) is 1. The minimum atomic E-state index is 0.206. The van der Waals surface area contributed by atoms with Gasteiger partial charge in [0, 0.05) is 12.1 Å². The van der Waals surface area contributed by atoms with E-state index in [0.29, 0.717) is 23.8 Å². The SMILES string of the molecule is COc1cc2c(c(OC)c1OC)-c1ncccc1C2CCN. The molecule has 0 amide bonds.